The lowest BCUT2D eigenvalue weighted by atomic mass is 10.2. The summed E-state index contributed by atoms with van der Waals surface area (Å²) in [6.07, 6.45) is 0. The molecule has 2 aromatic heterocycles. The first-order valence-corrected chi connectivity index (χ1v) is 9.32. The summed E-state index contributed by atoms with van der Waals surface area (Å²) in [4.78, 5) is 20.9. The number of benzene rings is 1. The Hall–Kier alpha value is -2.84. The second-order valence-electron chi connectivity index (χ2n) is 7.01. The van der Waals surface area contributed by atoms with Crippen molar-refractivity contribution in [3.8, 4) is 0 Å². The van der Waals surface area contributed by atoms with Crippen LogP contribution >= 0.6 is 0 Å². The summed E-state index contributed by atoms with van der Waals surface area (Å²) >= 11 is 0. The zero-order chi connectivity index (χ0) is 19.5. The van der Waals surface area contributed by atoms with Crippen molar-refractivity contribution in [2.45, 2.75) is 13.1 Å². The first-order chi connectivity index (χ1) is 13.6. The van der Waals surface area contributed by atoms with Gasteiger partial charge in [-0.05, 0) is 30.3 Å². The Balaban J connectivity index is 1.35. The van der Waals surface area contributed by atoms with Crippen LogP contribution in [-0.4, -0.2) is 56.2 Å². The van der Waals surface area contributed by atoms with E-state index in [4.69, 9.17) is 13.6 Å². The number of hydrogen-bond donors (Lipinski definition) is 1. The van der Waals surface area contributed by atoms with Crippen LogP contribution in [0.3, 0.4) is 0 Å². The molecular weight excluding hydrogens is 360 g/mol. The quantitative estimate of drug-likeness (QED) is 0.698. The van der Waals surface area contributed by atoms with Gasteiger partial charge < -0.3 is 23.8 Å². The fourth-order valence-electron chi connectivity index (χ4n) is 3.10. The average molecular weight is 384 g/mol. The predicted octanol–water partition coefficient (Wildman–Crippen LogP) is 2.25. The first kappa shape index (κ1) is 18.5. The van der Waals surface area contributed by atoms with Gasteiger partial charge in [0.15, 0.2) is 5.58 Å². The molecule has 148 valence electrons. The van der Waals surface area contributed by atoms with Crippen molar-refractivity contribution in [1.82, 2.24) is 15.2 Å². The predicted molar refractivity (Wildman–Crippen MR) is 104 cm³/mol. The third kappa shape index (κ3) is 4.18. The zero-order valence-electron chi connectivity index (χ0n) is 16.1. The summed E-state index contributed by atoms with van der Waals surface area (Å²) < 4.78 is 16.8. The highest BCUT2D eigenvalue weighted by atomic mass is 16.5. The number of fused-ring (bicyclic) bond motifs is 1. The normalized spacial score (nSPS) is 15.1. The molecule has 1 aromatic carbocycles. The number of rotatable bonds is 6. The SMILES string of the molecule is CN(C)c1nc2cc(C(=O)NCc3ccc(CN4CCOCC4)o3)ccc2o1. The van der Waals surface area contributed by atoms with E-state index in [0.29, 0.717) is 29.2 Å². The molecule has 1 amide bonds. The number of ether oxygens (including phenoxy) is 1. The van der Waals surface area contributed by atoms with Gasteiger partial charge >= 0.3 is 0 Å². The molecule has 8 heteroatoms. The molecule has 1 N–H and O–H groups in total. The van der Waals surface area contributed by atoms with Gasteiger partial charge in [0.2, 0.25) is 0 Å². The van der Waals surface area contributed by atoms with Gasteiger partial charge in [-0.3, -0.25) is 9.69 Å². The summed E-state index contributed by atoms with van der Waals surface area (Å²) in [7, 11) is 3.71. The van der Waals surface area contributed by atoms with Crippen molar-refractivity contribution in [1.29, 1.82) is 0 Å². The number of furan rings is 1. The number of amides is 1. The standard InChI is InChI=1S/C20H24N4O4/c1-23(2)20-22-17-11-14(3-6-18(17)28-20)19(25)21-12-15-4-5-16(27-15)13-24-7-9-26-10-8-24/h3-6,11H,7-10,12-13H2,1-2H3,(H,21,25). The van der Waals surface area contributed by atoms with Gasteiger partial charge in [0.1, 0.15) is 17.0 Å². The number of anilines is 1. The third-order valence-corrected chi connectivity index (χ3v) is 4.64. The van der Waals surface area contributed by atoms with Crippen LogP contribution in [0.2, 0.25) is 0 Å². The van der Waals surface area contributed by atoms with Crippen LogP contribution in [-0.2, 0) is 17.8 Å². The van der Waals surface area contributed by atoms with Crippen LogP contribution in [0, 0.1) is 0 Å². The van der Waals surface area contributed by atoms with Gasteiger partial charge in [0, 0.05) is 32.7 Å². The maximum absolute atomic E-state index is 12.5. The van der Waals surface area contributed by atoms with Crippen LogP contribution in [0.15, 0.2) is 39.2 Å². The van der Waals surface area contributed by atoms with Gasteiger partial charge in [-0.1, -0.05) is 0 Å². The zero-order valence-corrected chi connectivity index (χ0v) is 16.1. The van der Waals surface area contributed by atoms with E-state index in [-0.39, 0.29) is 5.91 Å². The number of morpholine rings is 1. The minimum Gasteiger partial charge on any atom is -0.463 e. The molecule has 3 heterocycles. The van der Waals surface area contributed by atoms with Crippen molar-refractivity contribution < 1.29 is 18.4 Å². The van der Waals surface area contributed by atoms with Crippen LogP contribution < -0.4 is 10.2 Å². The summed E-state index contributed by atoms with van der Waals surface area (Å²) in [5, 5.41) is 2.89. The van der Waals surface area contributed by atoms with Crippen molar-refractivity contribution in [2.24, 2.45) is 0 Å². The fraction of sp³-hybridized carbons (Fsp3) is 0.400. The molecule has 1 saturated heterocycles. The Morgan fingerprint density at radius 3 is 2.71 bits per heavy atom. The molecule has 3 aromatic rings. The Kier molecular flexibility index (Phi) is 5.31. The van der Waals surface area contributed by atoms with E-state index in [9.17, 15) is 4.79 Å². The van der Waals surface area contributed by atoms with Crippen LogP contribution in [0.5, 0.6) is 0 Å². The van der Waals surface area contributed by atoms with Gasteiger partial charge in [-0.15, -0.1) is 0 Å². The lowest BCUT2D eigenvalue weighted by Crippen LogP contribution is -2.35. The largest absolute Gasteiger partial charge is 0.463 e. The monoisotopic (exact) mass is 384 g/mol. The maximum atomic E-state index is 12.5. The molecule has 0 aliphatic carbocycles. The van der Waals surface area contributed by atoms with Gasteiger partial charge in [0.05, 0.1) is 26.3 Å². The van der Waals surface area contributed by atoms with Gasteiger partial charge in [-0.2, -0.15) is 4.98 Å². The number of carbonyl (C=O) groups excluding carboxylic acids is 1. The second kappa shape index (κ2) is 8.04. The Morgan fingerprint density at radius 2 is 1.93 bits per heavy atom. The van der Waals surface area contributed by atoms with E-state index >= 15 is 0 Å². The summed E-state index contributed by atoms with van der Waals surface area (Å²) in [6, 6.07) is 9.59. The molecule has 28 heavy (non-hydrogen) atoms. The topological polar surface area (TPSA) is 84.0 Å². The van der Waals surface area contributed by atoms with Gasteiger partial charge in [-0.25, -0.2) is 0 Å². The lowest BCUT2D eigenvalue weighted by Gasteiger charge is -2.25. The van der Waals surface area contributed by atoms with Gasteiger partial charge in [0.25, 0.3) is 11.9 Å². The maximum Gasteiger partial charge on any atom is 0.297 e. The molecule has 1 aliphatic rings. The molecule has 0 spiro atoms. The number of carbonyl (C=O) groups is 1. The van der Waals surface area contributed by atoms with Crippen LogP contribution in [0.1, 0.15) is 21.9 Å². The van der Waals surface area contributed by atoms with E-state index in [0.717, 1.165) is 44.4 Å². The third-order valence-electron chi connectivity index (χ3n) is 4.64. The van der Waals surface area contributed by atoms with E-state index in [1.165, 1.54) is 0 Å². The Labute approximate surface area is 163 Å². The van der Waals surface area contributed by atoms with E-state index < -0.39 is 0 Å². The van der Waals surface area contributed by atoms with Crippen molar-refractivity contribution in [3.05, 3.63) is 47.4 Å². The number of oxazole rings is 1. The molecule has 8 nitrogen and oxygen atoms in total. The van der Waals surface area contributed by atoms with E-state index in [1.54, 1.807) is 23.1 Å². The number of aromatic nitrogens is 1. The number of nitrogens with one attached hydrogen (secondary N) is 1. The summed E-state index contributed by atoms with van der Waals surface area (Å²) in [6.45, 7) is 4.43. The van der Waals surface area contributed by atoms with Crippen LogP contribution in [0.25, 0.3) is 11.1 Å². The molecule has 4 rings (SSSR count). The lowest BCUT2D eigenvalue weighted by molar-refractivity contribution is 0.0312. The van der Waals surface area contributed by atoms with Crippen LogP contribution in [0.4, 0.5) is 6.01 Å². The van der Waals surface area contributed by atoms with E-state index in [2.05, 4.69) is 15.2 Å². The van der Waals surface area contributed by atoms with Crippen molar-refractivity contribution in [3.63, 3.8) is 0 Å². The van der Waals surface area contributed by atoms with E-state index in [1.807, 2.05) is 26.2 Å². The first-order valence-electron chi connectivity index (χ1n) is 9.32. The van der Waals surface area contributed by atoms with Crippen molar-refractivity contribution in [2.75, 3.05) is 45.3 Å². The minimum absolute atomic E-state index is 0.178. The Bertz CT molecular complexity index is 956. The highest BCUT2D eigenvalue weighted by Crippen LogP contribution is 2.21. The average Bonchev–Trinajstić information content (AvgIpc) is 3.33. The number of hydrogen-bond acceptors (Lipinski definition) is 7. The highest BCUT2D eigenvalue weighted by molar-refractivity contribution is 5.97. The molecule has 1 aliphatic heterocycles. The molecule has 0 atom stereocenters. The fourth-order valence-corrected chi connectivity index (χ4v) is 3.10. The highest BCUT2D eigenvalue weighted by Gasteiger charge is 2.14. The molecular formula is C20H24N4O4. The molecule has 1 fully saturated rings. The number of nitrogens with zero attached hydrogens (tertiary/aromatic N) is 3. The molecule has 0 unspecified atom stereocenters. The Morgan fingerprint density at radius 1 is 1.14 bits per heavy atom. The minimum atomic E-state index is -0.178. The molecule has 0 radical (unpaired) electrons. The molecule has 0 bridgehead atoms. The second-order valence-corrected chi connectivity index (χ2v) is 7.01. The smallest absolute Gasteiger partial charge is 0.297 e. The summed E-state index contributed by atoms with van der Waals surface area (Å²) in [5.74, 6) is 1.45. The van der Waals surface area contributed by atoms with Crippen molar-refractivity contribution >= 4 is 23.0 Å². The summed E-state index contributed by atoms with van der Waals surface area (Å²) in [5.41, 5.74) is 1.84. The molecule has 0 saturated carbocycles.